The molecule has 0 heterocycles. The molecule has 74 valence electrons. The van der Waals surface area contributed by atoms with Gasteiger partial charge in [0.15, 0.2) is 0 Å². The Bertz CT molecular complexity index is 201. The van der Waals surface area contributed by atoms with Gasteiger partial charge in [0.2, 0.25) is 0 Å². The zero-order valence-electron chi connectivity index (χ0n) is 8.77. The Kier molecular flexibility index (Phi) is 3.81. The zero-order chi connectivity index (χ0) is 9.73. The molecule has 0 aromatic carbocycles. The normalized spacial score (nSPS) is 20.9. The molecule has 1 heteroatoms. The highest BCUT2D eigenvalue weighted by Crippen LogP contribution is 2.30. The van der Waals surface area contributed by atoms with Crippen LogP contribution < -0.4 is 0 Å². The predicted molar refractivity (Wildman–Crippen MR) is 55.3 cm³/mol. The highest BCUT2D eigenvalue weighted by atomic mass is 16.3. The van der Waals surface area contributed by atoms with Gasteiger partial charge < -0.3 is 5.11 Å². The molecule has 0 unspecified atom stereocenters. The Labute approximate surface area is 81.5 Å². The summed E-state index contributed by atoms with van der Waals surface area (Å²) in [6.07, 6.45) is 6.17. The van der Waals surface area contributed by atoms with Crippen molar-refractivity contribution < 1.29 is 5.11 Å². The van der Waals surface area contributed by atoms with Crippen LogP contribution in [0.2, 0.25) is 0 Å². The summed E-state index contributed by atoms with van der Waals surface area (Å²) in [7, 11) is 0. The standard InChI is InChI=1S/C12H20O/c1-11(2)7-6-10-12(13)8-4-3-5-9-12/h11,13H,3-5,8-10H2,1-2H3. The largest absolute Gasteiger partial charge is 0.389 e. The summed E-state index contributed by atoms with van der Waals surface area (Å²) < 4.78 is 0. The van der Waals surface area contributed by atoms with Gasteiger partial charge >= 0.3 is 0 Å². The summed E-state index contributed by atoms with van der Waals surface area (Å²) in [5, 5.41) is 10.1. The number of aliphatic hydroxyl groups is 1. The maximum Gasteiger partial charge on any atom is 0.0756 e. The molecular formula is C12H20O. The minimum atomic E-state index is -0.458. The van der Waals surface area contributed by atoms with Crippen LogP contribution >= 0.6 is 0 Å². The van der Waals surface area contributed by atoms with Gasteiger partial charge in [-0.3, -0.25) is 0 Å². The third kappa shape index (κ3) is 3.83. The van der Waals surface area contributed by atoms with Gasteiger partial charge in [0.25, 0.3) is 0 Å². The van der Waals surface area contributed by atoms with Gasteiger partial charge in [-0.15, -0.1) is 11.8 Å². The average molecular weight is 180 g/mol. The van der Waals surface area contributed by atoms with Crippen LogP contribution in [0, 0.1) is 17.8 Å². The average Bonchev–Trinajstić information content (AvgIpc) is 2.04. The Balaban J connectivity index is 2.38. The van der Waals surface area contributed by atoms with Gasteiger partial charge in [0.05, 0.1) is 5.60 Å². The molecule has 13 heavy (non-hydrogen) atoms. The summed E-state index contributed by atoms with van der Waals surface area (Å²) in [5.41, 5.74) is -0.458. The van der Waals surface area contributed by atoms with Gasteiger partial charge in [-0.1, -0.05) is 33.1 Å². The molecule has 0 saturated heterocycles. The Morgan fingerprint density at radius 3 is 2.38 bits per heavy atom. The fourth-order valence-corrected chi connectivity index (χ4v) is 1.81. The molecule has 1 rings (SSSR count). The van der Waals surface area contributed by atoms with Crippen LogP contribution in [0.5, 0.6) is 0 Å². The molecule has 0 aromatic rings. The molecule has 1 saturated carbocycles. The van der Waals surface area contributed by atoms with Crippen molar-refractivity contribution in [2.45, 2.75) is 58.0 Å². The second-order valence-electron chi connectivity index (χ2n) is 4.44. The molecule has 1 aliphatic rings. The van der Waals surface area contributed by atoms with Crippen LogP contribution in [0.3, 0.4) is 0 Å². The van der Waals surface area contributed by atoms with Crippen LogP contribution in [-0.4, -0.2) is 10.7 Å². The van der Waals surface area contributed by atoms with Gasteiger partial charge in [0.1, 0.15) is 0 Å². The lowest BCUT2D eigenvalue weighted by molar-refractivity contribution is 0.00892. The van der Waals surface area contributed by atoms with Crippen LogP contribution in [0.1, 0.15) is 52.4 Å². The summed E-state index contributed by atoms with van der Waals surface area (Å²) in [6, 6.07) is 0. The van der Waals surface area contributed by atoms with Gasteiger partial charge in [-0.05, 0) is 12.8 Å². The maximum absolute atomic E-state index is 10.1. The SMILES string of the molecule is CC(C)C#CCC1(O)CCCCC1. The third-order valence-electron chi connectivity index (χ3n) is 2.59. The molecule has 0 amide bonds. The van der Waals surface area contributed by atoms with E-state index in [1.54, 1.807) is 0 Å². The van der Waals surface area contributed by atoms with Gasteiger partial charge in [-0.2, -0.15) is 0 Å². The van der Waals surface area contributed by atoms with Crippen molar-refractivity contribution in [1.29, 1.82) is 0 Å². The molecule has 0 spiro atoms. The van der Waals surface area contributed by atoms with E-state index in [9.17, 15) is 5.11 Å². The monoisotopic (exact) mass is 180 g/mol. The predicted octanol–water partition coefficient (Wildman–Crippen LogP) is 2.73. The van der Waals surface area contributed by atoms with E-state index in [0.717, 1.165) is 12.8 Å². The fourth-order valence-electron chi connectivity index (χ4n) is 1.81. The molecule has 1 nitrogen and oxygen atoms in total. The van der Waals surface area contributed by atoms with Crippen molar-refractivity contribution in [2.75, 3.05) is 0 Å². The van der Waals surface area contributed by atoms with Crippen molar-refractivity contribution in [3.05, 3.63) is 0 Å². The summed E-state index contributed by atoms with van der Waals surface area (Å²) in [4.78, 5) is 0. The fraction of sp³-hybridized carbons (Fsp3) is 0.833. The number of rotatable bonds is 1. The summed E-state index contributed by atoms with van der Waals surface area (Å²) >= 11 is 0. The van der Waals surface area contributed by atoms with E-state index in [-0.39, 0.29) is 0 Å². The third-order valence-corrected chi connectivity index (χ3v) is 2.59. The highest BCUT2D eigenvalue weighted by molar-refractivity contribution is 5.06. The van der Waals surface area contributed by atoms with Crippen molar-refractivity contribution in [2.24, 2.45) is 5.92 Å². The smallest absolute Gasteiger partial charge is 0.0756 e. The minimum Gasteiger partial charge on any atom is -0.389 e. The van der Waals surface area contributed by atoms with Crippen LogP contribution in [-0.2, 0) is 0 Å². The Hall–Kier alpha value is -0.480. The first-order valence-electron chi connectivity index (χ1n) is 5.33. The first-order valence-corrected chi connectivity index (χ1v) is 5.33. The number of hydrogen-bond donors (Lipinski definition) is 1. The van der Waals surface area contributed by atoms with Crippen LogP contribution in [0.25, 0.3) is 0 Å². The molecule has 0 atom stereocenters. The van der Waals surface area contributed by atoms with Crippen molar-refractivity contribution >= 4 is 0 Å². The first kappa shape index (κ1) is 10.6. The Morgan fingerprint density at radius 1 is 1.23 bits per heavy atom. The summed E-state index contributed by atoms with van der Waals surface area (Å²) in [5.74, 6) is 6.63. The first-order chi connectivity index (χ1) is 6.12. The van der Waals surface area contributed by atoms with E-state index in [4.69, 9.17) is 0 Å². The van der Waals surface area contributed by atoms with E-state index in [1.165, 1.54) is 19.3 Å². The minimum absolute atomic E-state index is 0.423. The van der Waals surface area contributed by atoms with Crippen molar-refractivity contribution in [3.8, 4) is 11.8 Å². The molecule has 1 aliphatic carbocycles. The Morgan fingerprint density at radius 2 is 1.85 bits per heavy atom. The molecule has 1 fully saturated rings. The topological polar surface area (TPSA) is 20.2 Å². The lowest BCUT2D eigenvalue weighted by atomic mass is 9.83. The van der Waals surface area contributed by atoms with Gasteiger partial charge in [-0.25, -0.2) is 0 Å². The molecule has 0 aromatic heterocycles. The van der Waals surface area contributed by atoms with E-state index in [1.807, 2.05) is 0 Å². The van der Waals surface area contributed by atoms with E-state index in [0.29, 0.717) is 12.3 Å². The van der Waals surface area contributed by atoms with Crippen LogP contribution in [0.4, 0.5) is 0 Å². The lowest BCUT2D eigenvalue weighted by Gasteiger charge is -2.30. The molecule has 0 bridgehead atoms. The number of hydrogen-bond acceptors (Lipinski definition) is 1. The quantitative estimate of drug-likeness (QED) is 0.615. The maximum atomic E-state index is 10.1. The molecule has 0 radical (unpaired) electrons. The zero-order valence-corrected chi connectivity index (χ0v) is 8.77. The molecular weight excluding hydrogens is 160 g/mol. The van der Waals surface area contributed by atoms with Gasteiger partial charge in [0, 0.05) is 12.3 Å². The summed E-state index contributed by atoms with van der Waals surface area (Å²) in [6.45, 7) is 4.16. The second-order valence-corrected chi connectivity index (χ2v) is 4.44. The van der Waals surface area contributed by atoms with E-state index in [2.05, 4.69) is 25.7 Å². The van der Waals surface area contributed by atoms with Crippen molar-refractivity contribution in [3.63, 3.8) is 0 Å². The highest BCUT2D eigenvalue weighted by Gasteiger charge is 2.27. The second kappa shape index (κ2) is 4.67. The molecule has 0 aliphatic heterocycles. The van der Waals surface area contributed by atoms with Crippen LogP contribution in [0.15, 0.2) is 0 Å². The van der Waals surface area contributed by atoms with E-state index < -0.39 is 5.60 Å². The van der Waals surface area contributed by atoms with E-state index >= 15 is 0 Å². The lowest BCUT2D eigenvalue weighted by Crippen LogP contribution is -2.30. The van der Waals surface area contributed by atoms with Crippen molar-refractivity contribution in [1.82, 2.24) is 0 Å². The molecule has 1 N–H and O–H groups in total.